The average Bonchev–Trinajstić information content (AvgIpc) is 2.29. The molecule has 0 saturated heterocycles. The Morgan fingerprint density at radius 1 is 0.667 bits per heavy atom. The third-order valence-electron chi connectivity index (χ3n) is 3.80. The van der Waals surface area contributed by atoms with Crippen molar-refractivity contribution in [1.82, 2.24) is 0 Å². The van der Waals surface area contributed by atoms with Gasteiger partial charge in [0.2, 0.25) is 0 Å². The van der Waals surface area contributed by atoms with Gasteiger partial charge in [-0.05, 0) is 68.9 Å². The Morgan fingerprint density at radius 3 is 2.00 bits per heavy atom. The largest absolute Gasteiger partial charge is 0.0590 e. The zero-order valence-corrected chi connectivity index (χ0v) is 12.1. The van der Waals surface area contributed by atoms with Crippen LogP contribution in [0.25, 0.3) is 0 Å². The molecule has 0 fully saturated rings. The zero-order valence-electron chi connectivity index (χ0n) is 12.1. The SMILES string of the molecule is Cc1ccc(Cc2cc(C)cc(C)c2C)c(C)c1. The molecule has 0 spiro atoms. The minimum Gasteiger partial charge on any atom is -0.0590 e. The van der Waals surface area contributed by atoms with Gasteiger partial charge < -0.3 is 0 Å². The molecule has 0 aliphatic heterocycles. The lowest BCUT2D eigenvalue weighted by Crippen LogP contribution is -1.98. The molecule has 2 rings (SSSR count). The average molecular weight is 238 g/mol. The molecule has 0 N–H and O–H groups in total. The summed E-state index contributed by atoms with van der Waals surface area (Å²) in [6, 6.07) is 11.3. The van der Waals surface area contributed by atoms with Crippen molar-refractivity contribution >= 4 is 0 Å². The first-order chi connectivity index (χ1) is 8.47. The van der Waals surface area contributed by atoms with Gasteiger partial charge in [-0.2, -0.15) is 0 Å². The van der Waals surface area contributed by atoms with Gasteiger partial charge in [-0.25, -0.2) is 0 Å². The highest BCUT2D eigenvalue weighted by Gasteiger charge is 2.06. The molecule has 94 valence electrons. The number of rotatable bonds is 2. The smallest absolute Gasteiger partial charge is 0.00203 e. The Labute approximate surface area is 111 Å². The summed E-state index contributed by atoms with van der Waals surface area (Å²) in [5, 5.41) is 0. The van der Waals surface area contributed by atoms with Crippen LogP contribution in [0.4, 0.5) is 0 Å². The lowest BCUT2D eigenvalue weighted by molar-refractivity contribution is 1.10. The van der Waals surface area contributed by atoms with E-state index in [0.717, 1.165) is 6.42 Å². The van der Waals surface area contributed by atoms with Gasteiger partial charge in [-0.1, -0.05) is 41.5 Å². The van der Waals surface area contributed by atoms with E-state index in [1.807, 2.05) is 0 Å². The van der Waals surface area contributed by atoms with Gasteiger partial charge in [0.05, 0.1) is 0 Å². The van der Waals surface area contributed by atoms with Crippen molar-refractivity contribution < 1.29 is 0 Å². The predicted molar refractivity (Wildman–Crippen MR) is 79.4 cm³/mol. The molecule has 0 heteroatoms. The summed E-state index contributed by atoms with van der Waals surface area (Å²) in [6.45, 7) is 11.0. The third kappa shape index (κ3) is 2.64. The molecule has 0 bridgehead atoms. The normalized spacial score (nSPS) is 10.7. The maximum absolute atomic E-state index is 2.32. The van der Waals surface area contributed by atoms with Gasteiger partial charge in [0, 0.05) is 0 Å². The summed E-state index contributed by atoms with van der Waals surface area (Å²) in [7, 11) is 0. The lowest BCUT2D eigenvalue weighted by Gasteiger charge is -2.12. The Kier molecular flexibility index (Phi) is 3.56. The second-order valence-corrected chi connectivity index (χ2v) is 5.47. The standard InChI is InChI=1S/C18H22/c1-12-6-7-17(15(4)8-12)11-18-10-13(2)9-14(3)16(18)5/h6-10H,11H2,1-5H3. The second-order valence-electron chi connectivity index (χ2n) is 5.47. The molecule has 0 aliphatic carbocycles. The van der Waals surface area contributed by atoms with Gasteiger partial charge in [0.15, 0.2) is 0 Å². The number of aryl methyl sites for hydroxylation is 4. The fourth-order valence-corrected chi connectivity index (χ4v) is 2.56. The molecule has 0 unspecified atom stereocenters. The minimum absolute atomic E-state index is 1.04. The minimum atomic E-state index is 1.04. The van der Waals surface area contributed by atoms with E-state index in [-0.39, 0.29) is 0 Å². The topological polar surface area (TPSA) is 0 Å². The van der Waals surface area contributed by atoms with E-state index in [2.05, 4.69) is 65.0 Å². The van der Waals surface area contributed by atoms with Crippen LogP contribution in [0.1, 0.15) is 38.9 Å². The van der Waals surface area contributed by atoms with Gasteiger partial charge in [-0.15, -0.1) is 0 Å². The van der Waals surface area contributed by atoms with Crippen LogP contribution in [0.15, 0.2) is 30.3 Å². The fraction of sp³-hybridized carbons (Fsp3) is 0.333. The van der Waals surface area contributed by atoms with E-state index in [1.165, 1.54) is 38.9 Å². The summed E-state index contributed by atoms with van der Waals surface area (Å²) < 4.78 is 0. The van der Waals surface area contributed by atoms with E-state index >= 15 is 0 Å². The molecule has 0 aliphatic rings. The molecule has 0 heterocycles. The molecule has 0 nitrogen and oxygen atoms in total. The molecule has 0 radical (unpaired) electrons. The predicted octanol–water partition coefficient (Wildman–Crippen LogP) is 4.82. The first-order valence-corrected chi connectivity index (χ1v) is 6.60. The van der Waals surface area contributed by atoms with Crippen LogP contribution in [0.5, 0.6) is 0 Å². The van der Waals surface area contributed by atoms with E-state index in [9.17, 15) is 0 Å². The molecule has 0 amide bonds. The van der Waals surface area contributed by atoms with Crippen LogP contribution in [0.3, 0.4) is 0 Å². The van der Waals surface area contributed by atoms with Crippen LogP contribution < -0.4 is 0 Å². The summed E-state index contributed by atoms with van der Waals surface area (Å²) in [6.07, 6.45) is 1.04. The zero-order chi connectivity index (χ0) is 13.3. The van der Waals surface area contributed by atoms with E-state index in [1.54, 1.807) is 0 Å². The summed E-state index contributed by atoms with van der Waals surface area (Å²) in [4.78, 5) is 0. The van der Waals surface area contributed by atoms with E-state index in [4.69, 9.17) is 0 Å². The van der Waals surface area contributed by atoms with Crippen LogP contribution in [-0.4, -0.2) is 0 Å². The van der Waals surface area contributed by atoms with Crippen molar-refractivity contribution in [1.29, 1.82) is 0 Å². The Bertz CT molecular complexity index is 577. The van der Waals surface area contributed by atoms with Crippen molar-refractivity contribution in [3.05, 3.63) is 69.3 Å². The Hall–Kier alpha value is -1.56. The lowest BCUT2D eigenvalue weighted by atomic mass is 9.93. The van der Waals surface area contributed by atoms with Crippen molar-refractivity contribution in [3.8, 4) is 0 Å². The molecule has 2 aromatic carbocycles. The molecule has 2 aromatic rings. The Morgan fingerprint density at radius 2 is 1.33 bits per heavy atom. The first-order valence-electron chi connectivity index (χ1n) is 6.60. The first kappa shape index (κ1) is 12.9. The molecule has 0 aromatic heterocycles. The second kappa shape index (κ2) is 4.97. The number of hydrogen-bond acceptors (Lipinski definition) is 0. The molecular formula is C18H22. The Balaban J connectivity index is 2.40. The quantitative estimate of drug-likeness (QED) is 0.703. The van der Waals surface area contributed by atoms with Gasteiger partial charge in [0.25, 0.3) is 0 Å². The van der Waals surface area contributed by atoms with Crippen LogP contribution in [0, 0.1) is 34.6 Å². The molecular weight excluding hydrogens is 216 g/mol. The van der Waals surface area contributed by atoms with Crippen molar-refractivity contribution in [2.45, 2.75) is 41.0 Å². The maximum atomic E-state index is 2.32. The monoisotopic (exact) mass is 238 g/mol. The van der Waals surface area contributed by atoms with Crippen molar-refractivity contribution in [2.75, 3.05) is 0 Å². The van der Waals surface area contributed by atoms with Gasteiger partial charge in [0.1, 0.15) is 0 Å². The summed E-state index contributed by atoms with van der Waals surface area (Å²) in [5.41, 5.74) is 9.82. The van der Waals surface area contributed by atoms with Crippen LogP contribution in [-0.2, 0) is 6.42 Å². The highest BCUT2D eigenvalue weighted by atomic mass is 14.1. The summed E-state index contributed by atoms with van der Waals surface area (Å²) >= 11 is 0. The molecule has 0 saturated carbocycles. The summed E-state index contributed by atoms with van der Waals surface area (Å²) in [5.74, 6) is 0. The fourth-order valence-electron chi connectivity index (χ4n) is 2.56. The van der Waals surface area contributed by atoms with E-state index in [0.29, 0.717) is 0 Å². The maximum Gasteiger partial charge on any atom is -0.00203 e. The molecule has 0 atom stereocenters. The third-order valence-corrected chi connectivity index (χ3v) is 3.80. The van der Waals surface area contributed by atoms with Crippen molar-refractivity contribution in [2.24, 2.45) is 0 Å². The highest BCUT2D eigenvalue weighted by molar-refractivity contribution is 5.42. The molecule has 18 heavy (non-hydrogen) atoms. The number of benzene rings is 2. The van der Waals surface area contributed by atoms with E-state index < -0.39 is 0 Å². The van der Waals surface area contributed by atoms with Crippen molar-refractivity contribution in [3.63, 3.8) is 0 Å². The highest BCUT2D eigenvalue weighted by Crippen LogP contribution is 2.21. The number of hydrogen-bond donors (Lipinski definition) is 0. The van der Waals surface area contributed by atoms with Gasteiger partial charge >= 0.3 is 0 Å². The van der Waals surface area contributed by atoms with Crippen LogP contribution >= 0.6 is 0 Å². The van der Waals surface area contributed by atoms with Crippen LogP contribution in [0.2, 0.25) is 0 Å². The van der Waals surface area contributed by atoms with Gasteiger partial charge in [-0.3, -0.25) is 0 Å².